The average Bonchev–Trinajstić information content (AvgIpc) is 1.96. The molecule has 0 amide bonds. The van der Waals surface area contributed by atoms with Crippen LogP contribution in [0.3, 0.4) is 0 Å². The molecule has 0 bridgehead atoms. The van der Waals surface area contributed by atoms with Gasteiger partial charge in [-0.15, -0.1) is 0 Å². The first-order valence-corrected chi connectivity index (χ1v) is 4.91. The van der Waals surface area contributed by atoms with Crippen LogP contribution in [-0.2, 0) is 4.79 Å². The molecule has 13 heavy (non-hydrogen) atoms. The lowest BCUT2D eigenvalue weighted by Gasteiger charge is -2.37. The van der Waals surface area contributed by atoms with E-state index >= 15 is 0 Å². The van der Waals surface area contributed by atoms with E-state index in [9.17, 15) is 4.79 Å². The number of ketones is 1. The van der Waals surface area contributed by atoms with Crippen molar-refractivity contribution in [3.8, 4) is 0 Å². The lowest BCUT2D eigenvalue weighted by atomic mass is 9.67. The highest BCUT2D eigenvalue weighted by Gasteiger charge is 2.47. The number of carbonyl (C=O) groups excluding carboxylic acids is 1. The Kier molecular flexibility index (Phi) is 2.18. The second-order valence-corrected chi connectivity index (χ2v) is 5.40. The monoisotopic (exact) mass is 180 g/mol. The smallest absolute Gasteiger partial charge is 0.156 e. The molecular formula is C12H20O. The van der Waals surface area contributed by atoms with E-state index in [0.717, 1.165) is 12.0 Å². The molecule has 0 N–H and O–H groups in total. The van der Waals surface area contributed by atoms with Crippen LogP contribution in [0.2, 0.25) is 0 Å². The molecule has 0 saturated heterocycles. The fourth-order valence-corrected chi connectivity index (χ4v) is 2.58. The zero-order valence-corrected chi connectivity index (χ0v) is 9.62. The highest BCUT2D eigenvalue weighted by molar-refractivity contribution is 5.96. The van der Waals surface area contributed by atoms with Gasteiger partial charge in [0.1, 0.15) is 0 Å². The van der Waals surface area contributed by atoms with Gasteiger partial charge in [-0.05, 0) is 36.7 Å². The van der Waals surface area contributed by atoms with Crippen molar-refractivity contribution in [2.24, 2.45) is 10.8 Å². The minimum atomic E-state index is 0.0307. The third-order valence-electron chi connectivity index (χ3n) is 3.80. The summed E-state index contributed by atoms with van der Waals surface area (Å²) in [7, 11) is 0. The molecule has 0 aromatic heterocycles. The number of Topliss-reactive ketones (excluding diaryl/α,β-unsaturated/α-hetero) is 1. The van der Waals surface area contributed by atoms with Gasteiger partial charge in [-0.3, -0.25) is 4.79 Å². The lowest BCUT2D eigenvalue weighted by molar-refractivity contribution is -0.115. The largest absolute Gasteiger partial charge is 0.295 e. The van der Waals surface area contributed by atoms with Gasteiger partial charge in [-0.2, -0.15) is 0 Å². The van der Waals surface area contributed by atoms with Crippen molar-refractivity contribution < 1.29 is 4.79 Å². The fraction of sp³-hybridized carbons (Fsp3) is 0.750. The predicted octanol–water partition coefficient (Wildman–Crippen LogP) is 3.35. The van der Waals surface area contributed by atoms with E-state index < -0.39 is 0 Å². The molecule has 0 atom stereocenters. The zero-order chi connectivity index (χ0) is 10.4. The summed E-state index contributed by atoms with van der Waals surface area (Å²) in [5.41, 5.74) is 2.58. The molecular weight excluding hydrogens is 160 g/mol. The molecule has 0 radical (unpaired) electrons. The Balaban J connectivity index is 3.22. The van der Waals surface area contributed by atoms with Gasteiger partial charge in [0.25, 0.3) is 0 Å². The second kappa shape index (κ2) is 2.70. The van der Waals surface area contributed by atoms with Gasteiger partial charge >= 0.3 is 0 Å². The Bertz CT molecular complexity index is 279. The second-order valence-electron chi connectivity index (χ2n) is 5.40. The van der Waals surface area contributed by atoms with E-state index in [2.05, 4.69) is 34.6 Å². The van der Waals surface area contributed by atoms with Crippen LogP contribution in [0, 0.1) is 10.8 Å². The van der Waals surface area contributed by atoms with Crippen molar-refractivity contribution in [3.05, 3.63) is 11.1 Å². The number of rotatable bonds is 1. The minimum absolute atomic E-state index is 0.0307. The molecule has 0 aliphatic heterocycles. The highest BCUT2D eigenvalue weighted by atomic mass is 16.1. The Morgan fingerprint density at radius 1 is 1.23 bits per heavy atom. The van der Waals surface area contributed by atoms with Gasteiger partial charge in [0.2, 0.25) is 0 Å². The Morgan fingerprint density at radius 2 is 1.69 bits per heavy atom. The molecule has 0 fully saturated rings. The molecule has 0 saturated carbocycles. The van der Waals surface area contributed by atoms with E-state index in [0.29, 0.717) is 0 Å². The summed E-state index contributed by atoms with van der Waals surface area (Å²) in [5, 5.41) is 0. The molecule has 0 spiro atoms. The van der Waals surface area contributed by atoms with Crippen LogP contribution in [0.4, 0.5) is 0 Å². The maximum atomic E-state index is 11.5. The SMILES string of the molecule is CC(=O)C1=C(C)CC(C)(C)C1(C)C. The van der Waals surface area contributed by atoms with Gasteiger partial charge < -0.3 is 0 Å². The number of hydrogen-bond acceptors (Lipinski definition) is 1. The van der Waals surface area contributed by atoms with Crippen molar-refractivity contribution >= 4 is 5.78 Å². The molecule has 1 rings (SSSR count). The van der Waals surface area contributed by atoms with Gasteiger partial charge in [-0.25, -0.2) is 0 Å². The highest BCUT2D eigenvalue weighted by Crippen LogP contribution is 2.55. The molecule has 1 aliphatic rings. The fourth-order valence-electron chi connectivity index (χ4n) is 2.58. The Hall–Kier alpha value is -0.590. The minimum Gasteiger partial charge on any atom is -0.295 e. The van der Waals surface area contributed by atoms with Crippen molar-refractivity contribution in [2.75, 3.05) is 0 Å². The van der Waals surface area contributed by atoms with E-state index in [4.69, 9.17) is 0 Å². The molecule has 1 nitrogen and oxygen atoms in total. The molecule has 74 valence electrons. The van der Waals surface area contributed by atoms with Crippen molar-refractivity contribution in [3.63, 3.8) is 0 Å². The van der Waals surface area contributed by atoms with Gasteiger partial charge in [0.15, 0.2) is 5.78 Å². The van der Waals surface area contributed by atoms with E-state index in [1.807, 2.05) is 0 Å². The van der Waals surface area contributed by atoms with Crippen LogP contribution in [-0.4, -0.2) is 5.78 Å². The summed E-state index contributed by atoms with van der Waals surface area (Å²) < 4.78 is 0. The summed E-state index contributed by atoms with van der Waals surface area (Å²) in [6, 6.07) is 0. The van der Waals surface area contributed by atoms with Crippen molar-refractivity contribution in [1.29, 1.82) is 0 Å². The van der Waals surface area contributed by atoms with Crippen LogP contribution >= 0.6 is 0 Å². The van der Waals surface area contributed by atoms with Crippen LogP contribution < -0.4 is 0 Å². The summed E-state index contributed by atoms with van der Waals surface area (Å²) >= 11 is 0. The molecule has 1 aliphatic carbocycles. The van der Waals surface area contributed by atoms with Crippen LogP contribution in [0.5, 0.6) is 0 Å². The maximum Gasteiger partial charge on any atom is 0.156 e. The summed E-state index contributed by atoms with van der Waals surface area (Å²) in [5.74, 6) is 0.244. The van der Waals surface area contributed by atoms with Crippen LogP contribution in [0.25, 0.3) is 0 Å². The molecule has 0 aromatic carbocycles. The zero-order valence-electron chi connectivity index (χ0n) is 9.62. The summed E-state index contributed by atoms with van der Waals surface area (Å²) in [4.78, 5) is 11.5. The van der Waals surface area contributed by atoms with Gasteiger partial charge in [-0.1, -0.05) is 33.3 Å². The Morgan fingerprint density at radius 3 is 1.85 bits per heavy atom. The first-order chi connectivity index (χ1) is 5.70. The van der Waals surface area contributed by atoms with Crippen LogP contribution in [0.1, 0.15) is 48.0 Å². The molecule has 1 heteroatoms. The van der Waals surface area contributed by atoms with Gasteiger partial charge in [0.05, 0.1) is 0 Å². The lowest BCUT2D eigenvalue weighted by Crippen LogP contribution is -2.31. The topological polar surface area (TPSA) is 17.1 Å². The van der Waals surface area contributed by atoms with Gasteiger partial charge in [0, 0.05) is 0 Å². The van der Waals surface area contributed by atoms with E-state index in [1.54, 1.807) is 6.92 Å². The number of allylic oxidation sites excluding steroid dienone is 2. The first kappa shape index (κ1) is 10.5. The van der Waals surface area contributed by atoms with E-state index in [1.165, 1.54) is 5.57 Å². The maximum absolute atomic E-state index is 11.5. The summed E-state index contributed by atoms with van der Waals surface area (Å²) in [6.07, 6.45) is 1.05. The molecule has 0 unspecified atom stereocenters. The standard InChI is InChI=1S/C12H20O/c1-8-7-11(3,4)12(5,6)10(8)9(2)13/h7H2,1-6H3. The number of carbonyl (C=O) groups is 1. The first-order valence-electron chi connectivity index (χ1n) is 4.91. The van der Waals surface area contributed by atoms with Crippen LogP contribution in [0.15, 0.2) is 11.1 Å². The third kappa shape index (κ3) is 1.34. The quantitative estimate of drug-likeness (QED) is 0.605. The predicted molar refractivity (Wildman–Crippen MR) is 55.6 cm³/mol. The van der Waals surface area contributed by atoms with E-state index in [-0.39, 0.29) is 16.6 Å². The average molecular weight is 180 g/mol. The van der Waals surface area contributed by atoms with Crippen molar-refractivity contribution in [2.45, 2.75) is 48.0 Å². The molecule has 0 heterocycles. The Labute approximate surface area is 81.2 Å². The number of hydrogen-bond donors (Lipinski definition) is 0. The normalized spacial score (nSPS) is 25.1. The van der Waals surface area contributed by atoms with Crippen molar-refractivity contribution in [1.82, 2.24) is 0 Å². The molecule has 0 aromatic rings. The summed E-state index contributed by atoms with van der Waals surface area (Å²) in [6.45, 7) is 12.6. The third-order valence-corrected chi connectivity index (χ3v) is 3.80.